The monoisotopic (exact) mass is 371 g/mol. The second-order valence-electron chi connectivity index (χ2n) is 5.31. The number of pyridine rings is 1. The number of anilines is 1. The molecule has 19 heavy (non-hydrogen) atoms. The Morgan fingerprint density at radius 1 is 1.32 bits per heavy atom. The lowest BCUT2D eigenvalue weighted by atomic mass is 10.2. The lowest BCUT2D eigenvalue weighted by Gasteiger charge is -2.36. The lowest BCUT2D eigenvalue weighted by molar-refractivity contribution is -0.00522. The molecule has 0 N–H and O–H groups in total. The van der Waals surface area contributed by atoms with Gasteiger partial charge in [-0.15, -0.1) is 0 Å². The molecule has 1 saturated heterocycles. The van der Waals surface area contributed by atoms with Gasteiger partial charge in [-0.1, -0.05) is 0 Å². The molecule has 0 amide bonds. The van der Waals surface area contributed by atoms with Gasteiger partial charge in [0.15, 0.2) is 0 Å². The summed E-state index contributed by atoms with van der Waals surface area (Å²) in [5.41, 5.74) is 2.24. The minimum absolute atomic E-state index is 0.272. The lowest BCUT2D eigenvalue weighted by Crippen LogP contribution is -2.45. The molecule has 0 saturated carbocycles. The average Bonchev–Trinajstić information content (AvgIpc) is 2.63. The maximum Gasteiger partial charge on any atom is 0.140 e. The summed E-state index contributed by atoms with van der Waals surface area (Å²) in [7, 11) is 2.04. The number of ether oxygens (including phenoxy) is 1. The summed E-state index contributed by atoms with van der Waals surface area (Å²) in [6, 6.07) is 2.24. The number of halogens is 1. The van der Waals surface area contributed by atoms with Crippen LogP contribution < -0.4 is 4.90 Å². The van der Waals surface area contributed by atoms with Crippen molar-refractivity contribution in [2.24, 2.45) is 7.05 Å². The number of aromatic nitrogens is 2. The zero-order chi connectivity index (χ0) is 13.6. The zero-order valence-electron chi connectivity index (χ0n) is 11.4. The fourth-order valence-corrected chi connectivity index (χ4v) is 3.58. The predicted molar refractivity (Wildman–Crippen MR) is 85.7 cm³/mol. The standard InChI is InChI=1S/C14H18IN3O/c1-9-6-18(7-10(2)19-9)11-4-12-13(15)8-17(3)14(12)16-5-11/h4-5,8-10H,6-7H2,1-3H3/t9-,10+. The van der Waals surface area contributed by atoms with Gasteiger partial charge >= 0.3 is 0 Å². The van der Waals surface area contributed by atoms with Crippen molar-refractivity contribution in [2.45, 2.75) is 26.1 Å². The molecule has 1 aliphatic heterocycles. The molecule has 3 heterocycles. The van der Waals surface area contributed by atoms with E-state index < -0.39 is 0 Å². The zero-order valence-corrected chi connectivity index (χ0v) is 13.6. The van der Waals surface area contributed by atoms with Gasteiger partial charge in [0.25, 0.3) is 0 Å². The number of morpholine rings is 1. The largest absolute Gasteiger partial charge is 0.372 e. The molecular weight excluding hydrogens is 353 g/mol. The van der Waals surface area contributed by atoms with E-state index in [-0.39, 0.29) is 12.2 Å². The fraction of sp³-hybridized carbons (Fsp3) is 0.500. The van der Waals surface area contributed by atoms with Crippen LogP contribution in [0.4, 0.5) is 5.69 Å². The highest BCUT2D eigenvalue weighted by molar-refractivity contribution is 14.1. The van der Waals surface area contributed by atoms with Crippen molar-refractivity contribution in [1.29, 1.82) is 0 Å². The first-order chi connectivity index (χ1) is 9.04. The first-order valence-electron chi connectivity index (χ1n) is 6.55. The Labute approximate surface area is 126 Å². The minimum Gasteiger partial charge on any atom is -0.372 e. The molecule has 0 bridgehead atoms. The van der Waals surface area contributed by atoms with Crippen LogP contribution in [0.25, 0.3) is 11.0 Å². The topological polar surface area (TPSA) is 30.3 Å². The van der Waals surface area contributed by atoms with Crippen molar-refractivity contribution in [3.8, 4) is 0 Å². The van der Waals surface area contributed by atoms with Gasteiger partial charge in [0, 0.05) is 35.3 Å². The van der Waals surface area contributed by atoms with E-state index in [0.717, 1.165) is 18.7 Å². The second-order valence-corrected chi connectivity index (χ2v) is 6.48. The fourth-order valence-electron chi connectivity index (χ4n) is 2.77. The average molecular weight is 371 g/mol. The first-order valence-corrected chi connectivity index (χ1v) is 7.63. The Balaban J connectivity index is 1.98. The Kier molecular flexibility index (Phi) is 3.42. The summed E-state index contributed by atoms with van der Waals surface area (Å²) in [6.45, 7) is 6.11. The number of hydrogen-bond donors (Lipinski definition) is 0. The van der Waals surface area contributed by atoms with Crippen molar-refractivity contribution in [2.75, 3.05) is 18.0 Å². The summed E-state index contributed by atoms with van der Waals surface area (Å²) in [5.74, 6) is 0. The van der Waals surface area contributed by atoms with Crippen LogP contribution in [-0.4, -0.2) is 34.8 Å². The van der Waals surface area contributed by atoms with Crippen LogP contribution in [0.15, 0.2) is 18.5 Å². The van der Waals surface area contributed by atoms with Crippen molar-refractivity contribution in [3.05, 3.63) is 22.0 Å². The highest BCUT2D eigenvalue weighted by atomic mass is 127. The van der Waals surface area contributed by atoms with E-state index in [4.69, 9.17) is 4.74 Å². The number of rotatable bonds is 1. The summed E-state index contributed by atoms with van der Waals surface area (Å²) < 4.78 is 9.11. The Morgan fingerprint density at radius 3 is 2.68 bits per heavy atom. The molecule has 0 aromatic carbocycles. The van der Waals surface area contributed by atoms with Crippen molar-refractivity contribution >= 4 is 39.3 Å². The number of nitrogens with zero attached hydrogens (tertiary/aromatic N) is 3. The first kappa shape index (κ1) is 13.2. The summed E-state index contributed by atoms with van der Waals surface area (Å²) in [6.07, 6.45) is 4.64. The van der Waals surface area contributed by atoms with Gasteiger partial charge in [-0.25, -0.2) is 4.98 Å². The van der Waals surface area contributed by atoms with Gasteiger partial charge in [-0.3, -0.25) is 0 Å². The summed E-state index contributed by atoms with van der Waals surface area (Å²) in [4.78, 5) is 6.97. The van der Waals surface area contributed by atoms with Gasteiger partial charge in [0.1, 0.15) is 5.65 Å². The van der Waals surface area contributed by atoms with Gasteiger partial charge in [0.2, 0.25) is 0 Å². The molecule has 0 spiro atoms. The highest BCUT2D eigenvalue weighted by Crippen LogP contribution is 2.27. The molecule has 0 aliphatic carbocycles. The molecule has 0 radical (unpaired) electrons. The van der Waals surface area contributed by atoms with Gasteiger partial charge in [-0.2, -0.15) is 0 Å². The van der Waals surface area contributed by atoms with E-state index >= 15 is 0 Å². The molecule has 1 fully saturated rings. The molecule has 2 atom stereocenters. The summed E-state index contributed by atoms with van der Waals surface area (Å²) >= 11 is 2.37. The van der Waals surface area contributed by atoms with Crippen molar-refractivity contribution in [1.82, 2.24) is 9.55 Å². The molecule has 3 rings (SSSR count). The van der Waals surface area contributed by atoms with Crippen LogP contribution in [0.1, 0.15) is 13.8 Å². The molecule has 2 aromatic rings. The van der Waals surface area contributed by atoms with Crippen molar-refractivity contribution in [3.63, 3.8) is 0 Å². The summed E-state index contributed by atoms with van der Waals surface area (Å²) in [5, 5.41) is 1.23. The van der Waals surface area contributed by atoms with E-state index in [1.54, 1.807) is 0 Å². The third-order valence-corrected chi connectivity index (χ3v) is 4.39. The van der Waals surface area contributed by atoms with E-state index in [2.05, 4.69) is 63.2 Å². The molecule has 1 aliphatic rings. The molecule has 2 aromatic heterocycles. The van der Waals surface area contributed by atoms with Crippen LogP contribution in [0.3, 0.4) is 0 Å². The SMILES string of the molecule is C[C@@H]1CN(c2cnc3c(c2)c(I)cn3C)C[C@H](C)O1. The van der Waals surface area contributed by atoms with Gasteiger partial charge in [0.05, 0.1) is 24.1 Å². The second kappa shape index (κ2) is 4.94. The molecule has 102 valence electrons. The maximum absolute atomic E-state index is 5.79. The van der Waals surface area contributed by atoms with Crippen LogP contribution in [0, 0.1) is 3.57 Å². The van der Waals surface area contributed by atoms with E-state index in [1.165, 1.54) is 14.6 Å². The van der Waals surface area contributed by atoms with E-state index in [9.17, 15) is 0 Å². The smallest absolute Gasteiger partial charge is 0.140 e. The number of aryl methyl sites for hydroxylation is 1. The third-order valence-electron chi connectivity index (χ3n) is 3.54. The van der Waals surface area contributed by atoms with Gasteiger partial charge in [-0.05, 0) is 42.5 Å². The Morgan fingerprint density at radius 2 is 2.00 bits per heavy atom. The number of hydrogen-bond acceptors (Lipinski definition) is 3. The predicted octanol–water partition coefficient (Wildman–Crippen LogP) is 2.79. The highest BCUT2D eigenvalue weighted by Gasteiger charge is 2.23. The van der Waals surface area contributed by atoms with E-state index in [1.807, 2.05) is 13.2 Å². The molecule has 4 nitrogen and oxygen atoms in total. The van der Waals surface area contributed by atoms with Gasteiger partial charge < -0.3 is 14.2 Å². The van der Waals surface area contributed by atoms with Crippen LogP contribution in [0.5, 0.6) is 0 Å². The third kappa shape index (κ3) is 2.45. The molecule has 0 unspecified atom stereocenters. The molecule has 5 heteroatoms. The Bertz CT molecular complexity index is 600. The van der Waals surface area contributed by atoms with Crippen LogP contribution >= 0.6 is 22.6 Å². The quantitative estimate of drug-likeness (QED) is 0.723. The van der Waals surface area contributed by atoms with E-state index in [0.29, 0.717) is 0 Å². The number of fused-ring (bicyclic) bond motifs is 1. The minimum atomic E-state index is 0.272. The normalized spacial score (nSPS) is 24.1. The Hall–Kier alpha value is -0.820. The van der Waals surface area contributed by atoms with Crippen molar-refractivity contribution < 1.29 is 4.74 Å². The van der Waals surface area contributed by atoms with Crippen LogP contribution in [0.2, 0.25) is 0 Å². The molecular formula is C14H18IN3O. The maximum atomic E-state index is 5.79. The van der Waals surface area contributed by atoms with Crippen LogP contribution in [-0.2, 0) is 11.8 Å².